The van der Waals surface area contributed by atoms with Crippen molar-refractivity contribution in [3.63, 3.8) is 0 Å². The monoisotopic (exact) mass is 518 g/mol. The van der Waals surface area contributed by atoms with Crippen LogP contribution < -0.4 is 15.5 Å². The second kappa shape index (κ2) is 11.9. The van der Waals surface area contributed by atoms with Crippen molar-refractivity contribution in [2.24, 2.45) is 17.8 Å². The molecular weight excluding hydrogens is 475 g/mol. The van der Waals surface area contributed by atoms with E-state index in [1.807, 2.05) is 68.7 Å². The van der Waals surface area contributed by atoms with Gasteiger partial charge in [-0.25, -0.2) is 0 Å². The number of benzene rings is 3. The van der Waals surface area contributed by atoms with Gasteiger partial charge in [0.05, 0.1) is 6.10 Å². The van der Waals surface area contributed by atoms with Crippen LogP contribution in [0.2, 0.25) is 0 Å². The van der Waals surface area contributed by atoms with Crippen molar-refractivity contribution in [2.45, 2.75) is 58.8 Å². The van der Waals surface area contributed by atoms with E-state index in [1.165, 1.54) is 12.0 Å². The van der Waals surface area contributed by atoms with Crippen LogP contribution in [0.4, 0.5) is 11.4 Å². The number of nitrogens with zero attached hydrogens (tertiary/aromatic N) is 1. The average Bonchev–Trinajstić information content (AvgIpc) is 2.88. The van der Waals surface area contributed by atoms with Crippen LogP contribution in [0.5, 0.6) is 0 Å². The van der Waals surface area contributed by atoms with Gasteiger partial charge < -0.3 is 14.7 Å². The first-order valence-corrected chi connectivity index (χ1v) is 15.3. The Balaban J connectivity index is 1.84. The van der Waals surface area contributed by atoms with Crippen molar-refractivity contribution in [1.82, 2.24) is 0 Å². The fraction of sp³-hybridized carbons (Fsp3) is 0.438. The fourth-order valence-electron chi connectivity index (χ4n) is 5.47. The number of hydrogen-bond donors (Lipinski definition) is 1. The molecule has 4 nitrogen and oxygen atoms in total. The molecule has 3 aromatic rings. The van der Waals surface area contributed by atoms with Crippen LogP contribution in [-0.2, 0) is 9.09 Å². The molecule has 1 aliphatic rings. The summed E-state index contributed by atoms with van der Waals surface area (Å²) in [4.78, 5) is 2.06. The highest BCUT2D eigenvalue weighted by Crippen LogP contribution is 2.61. The fourth-order valence-corrected chi connectivity index (χ4v) is 8.11. The van der Waals surface area contributed by atoms with Gasteiger partial charge >= 0.3 is 0 Å². The molecule has 0 heterocycles. The van der Waals surface area contributed by atoms with Crippen molar-refractivity contribution < 1.29 is 9.09 Å². The summed E-state index contributed by atoms with van der Waals surface area (Å²) in [6, 6.07) is 26.5. The lowest BCUT2D eigenvalue weighted by atomic mass is 9.75. The van der Waals surface area contributed by atoms with Gasteiger partial charge in [-0.05, 0) is 79.5 Å². The molecule has 0 spiro atoms. The van der Waals surface area contributed by atoms with Gasteiger partial charge in [0.1, 0.15) is 5.78 Å². The number of para-hydroxylation sites is 1. The number of rotatable bonds is 9. The summed E-state index contributed by atoms with van der Waals surface area (Å²) < 4.78 is 22.5. The first kappa shape index (κ1) is 27.5. The zero-order valence-corrected chi connectivity index (χ0v) is 24.1. The first-order chi connectivity index (χ1) is 17.7. The van der Waals surface area contributed by atoms with Gasteiger partial charge in [0.2, 0.25) is 0 Å². The highest BCUT2D eigenvalue weighted by molar-refractivity contribution is 7.67. The molecule has 37 heavy (non-hydrogen) atoms. The molecular formula is C32H43N2O2P. The second-order valence-corrected chi connectivity index (χ2v) is 13.7. The van der Waals surface area contributed by atoms with Crippen LogP contribution in [0.15, 0.2) is 78.9 Å². The topological polar surface area (TPSA) is 41.6 Å². The molecule has 0 unspecified atom stereocenters. The van der Waals surface area contributed by atoms with Gasteiger partial charge in [0, 0.05) is 30.8 Å². The third-order valence-corrected chi connectivity index (χ3v) is 10.5. The molecule has 0 aromatic heterocycles. The van der Waals surface area contributed by atoms with Crippen LogP contribution in [0.25, 0.3) is 0 Å². The minimum Gasteiger partial charge on any atom is -0.378 e. The predicted octanol–water partition coefficient (Wildman–Crippen LogP) is 8.25. The molecule has 5 heteroatoms. The summed E-state index contributed by atoms with van der Waals surface area (Å²) >= 11 is 0. The lowest BCUT2D eigenvalue weighted by molar-refractivity contribution is 0.0489. The van der Waals surface area contributed by atoms with E-state index in [4.69, 9.17) is 4.52 Å². The van der Waals surface area contributed by atoms with E-state index < -0.39 is 13.2 Å². The molecule has 1 saturated carbocycles. The highest BCUT2D eigenvalue weighted by atomic mass is 31.2. The number of nitrogens with one attached hydrogen (secondary N) is 1. The van der Waals surface area contributed by atoms with Gasteiger partial charge in [0.25, 0.3) is 7.37 Å². The predicted molar refractivity (Wildman–Crippen MR) is 158 cm³/mol. The number of anilines is 2. The molecule has 0 aliphatic heterocycles. The van der Waals surface area contributed by atoms with Crippen molar-refractivity contribution in [1.29, 1.82) is 0 Å². The van der Waals surface area contributed by atoms with E-state index in [1.54, 1.807) is 0 Å². The molecule has 0 bridgehead atoms. The van der Waals surface area contributed by atoms with Crippen molar-refractivity contribution in [3.05, 3.63) is 90.0 Å². The van der Waals surface area contributed by atoms with Gasteiger partial charge in [-0.1, -0.05) is 75.2 Å². The Labute approximate surface area is 223 Å². The third kappa shape index (κ3) is 6.48. The van der Waals surface area contributed by atoms with Crippen LogP contribution in [0.3, 0.4) is 0 Å². The number of hydrogen-bond acceptors (Lipinski definition) is 4. The molecule has 0 saturated heterocycles. The van der Waals surface area contributed by atoms with Gasteiger partial charge in [-0.15, -0.1) is 0 Å². The Bertz CT molecular complexity index is 1180. The van der Waals surface area contributed by atoms with Crippen LogP contribution in [0.1, 0.15) is 56.9 Å². The van der Waals surface area contributed by atoms with E-state index in [0.29, 0.717) is 17.8 Å². The maximum absolute atomic E-state index is 15.5. The lowest BCUT2D eigenvalue weighted by Gasteiger charge is -2.41. The first-order valence-electron chi connectivity index (χ1n) is 13.6. The maximum atomic E-state index is 15.5. The molecule has 5 atom stereocenters. The van der Waals surface area contributed by atoms with E-state index in [2.05, 4.69) is 62.2 Å². The Morgan fingerprint density at radius 1 is 0.919 bits per heavy atom. The molecule has 198 valence electrons. The minimum absolute atomic E-state index is 0.0476. The standard InChI is InChI=1S/C32H43N2O2P/c1-23(2)30-21-14-25(4)22-31(30)36-37(35,29-19-17-28(18-20-29)34(5)6)32(26-15-12-24(3)13-16-26)33-27-10-8-7-9-11-27/h7-13,15-20,23,25,30-33H,14,21-22H2,1-6H3/t25-,30-,31+,32-,37+/m0/s1. The van der Waals surface area contributed by atoms with Crippen molar-refractivity contribution in [2.75, 3.05) is 24.3 Å². The Morgan fingerprint density at radius 3 is 2.16 bits per heavy atom. The zero-order valence-electron chi connectivity index (χ0n) is 23.2. The Hall–Kier alpha value is -2.55. The molecule has 1 fully saturated rings. The zero-order chi connectivity index (χ0) is 26.6. The normalized spacial score (nSPS) is 22.3. The van der Waals surface area contributed by atoms with E-state index in [0.717, 1.165) is 35.1 Å². The molecule has 1 aliphatic carbocycles. The van der Waals surface area contributed by atoms with Crippen LogP contribution in [0, 0.1) is 24.7 Å². The Kier molecular flexibility index (Phi) is 8.82. The molecule has 0 amide bonds. The highest BCUT2D eigenvalue weighted by Gasteiger charge is 2.43. The number of aryl methyl sites for hydroxylation is 1. The van der Waals surface area contributed by atoms with E-state index in [9.17, 15) is 0 Å². The second-order valence-electron chi connectivity index (χ2n) is 11.3. The van der Waals surface area contributed by atoms with Crippen molar-refractivity contribution >= 4 is 24.0 Å². The summed E-state index contributed by atoms with van der Waals surface area (Å²) in [5.74, 6) is 0.915. The summed E-state index contributed by atoms with van der Waals surface area (Å²) in [5, 5.41) is 4.39. The van der Waals surface area contributed by atoms with Gasteiger partial charge in [0.15, 0.2) is 0 Å². The van der Waals surface area contributed by atoms with E-state index >= 15 is 4.57 Å². The lowest BCUT2D eigenvalue weighted by Crippen LogP contribution is -2.35. The largest absolute Gasteiger partial charge is 0.378 e. The summed E-state index contributed by atoms with van der Waals surface area (Å²) in [5.41, 5.74) is 4.15. The molecule has 4 rings (SSSR count). The minimum atomic E-state index is -3.44. The van der Waals surface area contributed by atoms with Crippen molar-refractivity contribution in [3.8, 4) is 0 Å². The quantitative estimate of drug-likeness (QED) is 0.290. The molecule has 1 N–H and O–H groups in total. The smallest absolute Gasteiger partial charge is 0.258 e. The summed E-state index contributed by atoms with van der Waals surface area (Å²) in [6.45, 7) is 8.92. The molecule has 0 radical (unpaired) electrons. The van der Waals surface area contributed by atoms with Gasteiger partial charge in [-0.3, -0.25) is 4.57 Å². The average molecular weight is 519 g/mol. The van der Waals surface area contributed by atoms with E-state index in [-0.39, 0.29) is 6.10 Å². The van der Waals surface area contributed by atoms with Crippen LogP contribution >= 0.6 is 7.37 Å². The Morgan fingerprint density at radius 2 is 1.57 bits per heavy atom. The van der Waals surface area contributed by atoms with Gasteiger partial charge in [-0.2, -0.15) is 0 Å². The third-order valence-electron chi connectivity index (χ3n) is 7.79. The molecule has 3 aromatic carbocycles. The summed E-state index contributed by atoms with van der Waals surface area (Å²) in [6.07, 6.45) is 3.21. The summed E-state index contributed by atoms with van der Waals surface area (Å²) in [7, 11) is 0.607. The SMILES string of the molecule is Cc1ccc([C@@H](Nc2ccccc2)[P@](=O)(O[C@@H]2C[C@@H](C)CC[C@H]2C(C)C)c2ccc(N(C)C)cc2)cc1. The maximum Gasteiger partial charge on any atom is 0.258 e. The van der Waals surface area contributed by atoms with Crippen LogP contribution in [-0.4, -0.2) is 20.2 Å².